The molecule has 0 N–H and O–H groups in total. The molecule has 1 aliphatic rings. The van der Waals surface area contributed by atoms with Gasteiger partial charge in [0.1, 0.15) is 0 Å². The van der Waals surface area contributed by atoms with Gasteiger partial charge in [-0.15, -0.1) is 5.69 Å². The summed E-state index contributed by atoms with van der Waals surface area (Å²) in [6.07, 6.45) is 0. The Balaban J connectivity index is 0.000000845. The molecule has 1 heterocycles. The van der Waals surface area contributed by atoms with Gasteiger partial charge in [-0.3, -0.25) is 0 Å². The van der Waals surface area contributed by atoms with Crippen LogP contribution >= 0.6 is 0 Å². The third-order valence-electron chi connectivity index (χ3n) is 2.21. The topological polar surface area (TPSA) is 17.3 Å². The van der Waals surface area contributed by atoms with E-state index in [1.807, 2.05) is 6.07 Å². The van der Waals surface area contributed by atoms with E-state index >= 15 is 0 Å². The number of benzene rings is 1. The maximum absolute atomic E-state index is 4.43. The van der Waals surface area contributed by atoms with E-state index in [2.05, 4.69) is 42.3 Å². The molecule has 0 saturated carbocycles. The van der Waals surface area contributed by atoms with E-state index < -0.39 is 0 Å². The van der Waals surface area contributed by atoms with Gasteiger partial charge in [0, 0.05) is 11.7 Å². The van der Waals surface area contributed by atoms with Crippen LogP contribution < -0.4 is 63.1 Å². The molecule has 0 spiro atoms. The van der Waals surface area contributed by atoms with E-state index in [1.54, 1.807) is 0 Å². The van der Waals surface area contributed by atoms with Crippen LogP contribution in [0.2, 0.25) is 0 Å². The van der Waals surface area contributed by atoms with Gasteiger partial charge >= 0.3 is 58.2 Å². The molecule has 3 heteroatoms. The van der Waals surface area contributed by atoms with Crippen molar-refractivity contribution in [3.05, 3.63) is 29.6 Å². The molecule has 1 aromatic carbocycles. The molecule has 1 aromatic rings. The van der Waals surface area contributed by atoms with Gasteiger partial charge < -0.3 is 10.2 Å². The van der Waals surface area contributed by atoms with Gasteiger partial charge in [0.15, 0.2) is 0 Å². The van der Waals surface area contributed by atoms with Crippen molar-refractivity contribution >= 4 is 11.4 Å². The Labute approximate surface area is 128 Å². The van der Waals surface area contributed by atoms with Crippen LogP contribution in [-0.4, -0.2) is 12.7 Å². The first-order chi connectivity index (χ1) is 5.79. The largest absolute Gasteiger partial charge is 1.00 e. The first-order valence-corrected chi connectivity index (χ1v) is 4.32. The average molecular weight is 247 g/mol. The summed E-state index contributed by atoms with van der Waals surface area (Å²) in [5.74, 6) is 0. The number of hydrogen-bond acceptors (Lipinski definition) is 1. The number of anilines is 1. The quantitative estimate of drug-likeness (QED) is 0.676. The third kappa shape index (κ3) is 2.35. The Bertz CT molecular complexity index is 286. The summed E-state index contributed by atoms with van der Waals surface area (Å²) < 4.78 is 0. The summed E-state index contributed by atoms with van der Waals surface area (Å²) in [7, 11) is 0. The van der Waals surface area contributed by atoms with Crippen molar-refractivity contribution in [1.82, 2.24) is 0 Å². The van der Waals surface area contributed by atoms with E-state index in [9.17, 15) is 0 Å². The molecule has 0 aliphatic carbocycles. The van der Waals surface area contributed by atoms with Gasteiger partial charge in [-0.2, -0.15) is 0 Å². The van der Waals surface area contributed by atoms with Crippen LogP contribution in [0.1, 0.15) is 13.8 Å². The molecule has 0 fully saturated rings. The number of fused-ring (bicyclic) bond motifs is 1. The Hall–Kier alpha value is 0.625. The fraction of sp³-hybridized carbons (Fsp3) is 0.400. The first-order valence-electron chi connectivity index (χ1n) is 4.32. The SMILES string of the molecule is CC(C)N1C[N-]c2ccccc21.[Rb+]. The molecule has 0 radical (unpaired) electrons. The molecule has 0 bridgehead atoms. The third-order valence-corrected chi connectivity index (χ3v) is 2.21. The summed E-state index contributed by atoms with van der Waals surface area (Å²) in [6, 6.07) is 8.84. The molecule has 0 unspecified atom stereocenters. The molecule has 13 heavy (non-hydrogen) atoms. The minimum Gasteiger partial charge on any atom is -0.666 e. The molecule has 1 aliphatic heterocycles. The van der Waals surface area contributed by atoms with Crippen LogP contribution in [0.4, 0.5) is 11.4 Å². The second-order valence-corrected chi connectivity index (χ2v) is 3.35. The summed E-state index contributed by atoms with van der Waals surface area (Å²) in [5.41, 5.74) is 2.40. The van der Waals surface area contributed by atoms with Crippen molar-refractivity contribution in [2.45, 2.75) is 19.9 Å². The summed E-state index contributed by atoms with van der Waals surface area (Å²) >= 11 is 0. The van der Waals surface area contributed by atoms with Crippen molar-refractivity contribution in [2.75, 3.05) is 11.6 Å². The molecular weight excluding hydrogens is 234 g/mol. The van der Waals surface area contributed by atoms with Crippen molar-refractivity contribution < 1.29 is 58.2 Å². The molecular formula is C10H13N2Rb. The average Bonchev–Trinajstić information content (AvgIpc) is 2.47. The van der Waals surface area contributed by atoms with Crippen molar-refractivity contribution in [1.29, 1.82) is 0 Å². The molecule has 0 amide bonds. The maximum Gasteiger partial charge on any atom is 1.00 e. The Morgan fingerprint density at radius 1 is 1.31 bits per heavy atom. The van der Waals surface area contributed by atoms with Crippen molar-refractivity contribution in [3.63, 3.8) is 0 Å². The fourth-order valence-corrected chi connectivity index (χ4v) is 1.51. The van der Waals surface area contributed by atoms with E-state index in [0.29, 0.717) is 6.04 Å². The molecule has 2 nitrogen and oxygen atoms in total. The van der Waals surface area contributed by atoms with Crippen molar-refractivity contribution in [3.8, 4) is 0 Å². The van der Waals surface area contributed by atoms with Gasteiger partial charge in [0.2, 0.25) is 0 Å². The van der Waals surface area contributed by atoms with E-state index in [1.165, 1.54) is 5.69 Å². The number of rotatable bonds is 1. The van der Waals surface area contributed by atoms with Crippen LogP contribution in [-0.2, 0) is 0 Å². The minimum atomic E-state index is 0. The second kappa shape index (κ2) is 4.92. The molecule has 64 valence electrons. The molecule has 0 saturated heterocycles. The number of para-hydroxylation sites is 2. The van der Waals surface area contributed by atoms with Crippen LogP contribution in [0, 0.1) is 0 Å². The van der Waals surface area contributed by atoms with Gasteiger partial charge in [-0.1, -0.05) is 24.9 Å². The number of nitrogens with zero attached hydrogens (tertiary/aromatic N) is 2. The van der Waals surface area contributed by atoms with E-state index in [-0.39, 0.29) is 58.2 Å². The first kappa shape index (κ1) is 11.7. The number of hydrogen-bond donors (Lipinski definition) is 0. The smallest absolute Gasteiger partial charge is 0.666 e. The zero-order chi connectivity index (χ0) is 8.55. The molecule has 0 aromatic heterocycles. The van der Waals surface area contributed by atoms with Crippen LogP contribution in [0.25, 0.3) is 5.32 Å². The van der Waals surface area contributed by atoms with E-state index in [0.717, 1.165) is 12.4 Å². The maximum atomic E-state index is 4.43. The summed E-state index contributed by atoms with van der Waals surface area (Å²) in [6.45, 7) is 5.20. The standard InChI is InChI=1S/C10H13N2.Rb/c1-8(2)12-7-11-9-5-3-4-6-10(9)12;/h3-6,8H,7H2,1-2H3;/q-1;+1. The monoisotopic (exact) mass is 246 g/mol. The van der Waals surface area contributed by atoms with Gasteiger partial charge in [0.25, 0.3) is 0 Å². The van der Waals surface area contributed by atoms with E-state index in [4.69, 9.17) is 0 Å². The van der Waals surface area contributed by atoms with Crippen LogP contribution in [0.3, 0.4) is 0 Å². The van der Waals surface area contributed by atoms with Crippen molar-refractivity contribution in [2.24, 2.45) is 0 Å². The molecule has 2 rings (SSSR count). The van der Waals surface area contributed by atoms with Crippen LogP contribution in [0.15, 0.2) is 24.3 Å². The second-order valence-electron chi connectivity index (χ2n) is 3.35. The summed E-state index contributed by atoms with van der Waals surface area (Å²) in [5, 5.41) is 4.43. The minimum absolute atomic E-state index is 0. The normalized spacial score (nSPS) is 13.6. The Morgan fingerprint density at radius 2 is 2.00 bits per heavy atom. The predicted octanol–water partition coefficient (Wildman–Crippen LogP) is -0.118. The molecule has 0 atom stereocenters. The van der Waals surface area contributed by atoms with Gasteiger partial charge in [-0.25, -0.2) is 0 Å². The zero-order valence-electron chi connectivity index (χ0n) is 8.49. The van der Waals surface area contributed by atoms with Crippen LogP contribution in [0.5, 0.6) is 0 Å². The Kier molecular flexibility index (Phi) is 4.43. The Morgan fingerprint density at radius 3 is 2.69 bits per heavy atom. The summed E-state index contributed by atoms with van der Waals surface area (Å²) in [4.78, 5) is 2.30. The van der Waals surface area contributed by atoms with Gasteiger partial charge in [-0.05, 0) is 19.9 Å². The fourth-order valence-electron chi connectivity index (χ4n) is 1.51. The zero-order valence-corrected chi connectivity index (χ0v) is 13.4. The van der Waals surface area contributed by atoms with Gasteiger partial charge in [0.05, 0.1) is 0 Å². The predicted molar refractivity (Wildman–Crippen MR) is 51.9 cm³/mol.